The van der Waals surface area contributed by atoms with Crippen LogP contribution < -0.4 is 14.2 Å². The summed E-state index contributed by atoms with van der Waals surface area (Å²) in [6.45, 7) is 0.407. The third-order valence-corrected chi connectivity index (χ3v) is 6.83. The Balaban J connectivity index is 1.60. The lowest BCUT2D eigenvalue weighted by atomic mass is 10.1. The zero-order valence-corrected chi connectivity index (χ0v) is 23.5. The van der Waals surface area contributed by atoms with Crippen LogP contribution in [-0.4, -0.2) is 43.7 Å². The van der Waals surface area contributed by atoms with E-state index in [9.17, 15) is 26.4 Å². The number of halogens is 3. The van der Waals surface area contributed by atoms with Gasteiger partial charge in [0.1, 0.15) is 17.2 Å². The number of rotatable bonds is 13. The van der Waals surface area contributed by atoms with E-state index in [0.29, 0.717) is 18.1 Å². The van der Waals surface area contributed by atoms with Gasteiger partial charge in [-0.3, -0.25) is 9.52 Å². The van der Waals surface area contributed by atoms with E-state index in [1.165, 1.54) is 22.9 Å². The van der Waals surface area contributed by atoms with Crippen LogP contribution in [0.3, 0.4) is 0 Å². The molecule has 42 heavy (non-hydrogen) atoms. The topological polar surface area (TPSA) is 115 Å². The molecule has 0 fully saturated rings. The Hall–Kier alpha value is -4.50. The zero-order chi connectivity index (χ0) is 30.6. The molecule has 0 saturated carbocycles. The number of carbonyl (C=O) groups is 1. The van der Waals surface area contributed by atoms with Crippen LogP contribution in [0.15, 0.2) is 66.7 Å². The van der Waals surface area contributed by atoms with Gasteiger partial charge in [-0.15, -0.1) is 0 Å². The number of hydrogen-bond acceptors (Lipinski definition) is 6. The maximum Gasteiger partial charge on any atom is 0.516 e. The van der Waals surface area contributed by atoms with Gasteiger partial charge in [0.2, 0.25) is 0 Å². The number of anilines is 1. The number of benzene rings is 2. The highest BCUT2D eigenvalue weighted by atomic mass is 32.2. The number of alkyl halides is 3. The molecule has 8 nitrogen and oxygen atoms in total. The van der Waals surface area contributed by atoms with Crippen molar-refractivity contribution in [2.45, 2.75) is 37.6 Å². The molecule has 222 valence electrons. The van der Waals surface area contributed by atoms with Crippen molar-refractivity contribution in [1.82, 2.24) is 4.98 Å². The molecule has 0 unspecified atom stereocenters. The highest BCUT2D eigenvalue weighted by Crippen LogP contribution is 2.26. The number of methoxy groups -OCH3 is 1. The summed E-state index contributed by atoms with van der Waals surface area (Å²) >= 11 is 0. The summed E-state index contributed by atoms with van der Waals surface area (Å²) in [5.74, 6) is 5.74. The van der Waals surface area contributed by atoms with Crippen molar-refractivity contribution in [1.29, 1.82) is 0 Å². The summed E-state index contributed by atoms with van der Waals surface area (Å²) in [6.07, 6.45) is 6.55. The number of unbranched alkanes of at least 4 members (excludes halogenated alkanes) is 2. The van der Waals surface area contributed by atoms with Crippen LogP contribution in [0.25, 0.3) is 6.08 Å². The number of ether oxygens (including phenoxy) is 2. The number of aryl methyl sites for hydroxylation is 1. The van der Waals surface area contributed by atoms with Gasteiger partial charge in [-0.25, -0.2) is 4.98 Å². The van der Waals surface area contributed by atoms with Crippen molar-refractivity contribution in [3.63, 3.8) is 0 Å². The summed E-state index contributed by atoms with van der Waals surface area (Å²) in [4.78, 5) is 15.5. The number of carboxylic acid groups (broad SMARTS) is 1. The zero-order valence-electron chi connectivity index (χ0n) is 22.6. The fourth-order valence-electron chi connectivity index (χ4n) is 3.58. The van der Waals surface area contributed by atoms with Crippen LogP contribution in [0.4, 0.5) is 18.9 Å². The van der Waals surface area contributed by atoms with E-state index in [0.717, 1.165) is 36.6 Å². The lowest BCUT2D eigenvalue weighted by molar-refractivity contribution is -0.137. The second-order valence-electron chi connectivity index (χ2n) is 8.94. The average Bonchev–Trinajstić information content (AvgIpc) is 2.94. The summed E-state index contributed by atoms with van der Waals surface area (Å²) < 4.78 is 73.2. The molecule has 0 bridgehead atoms. The predicted molar refractivity (Wildman–Crippen MR) is 153 cm³/mol. The molecule has 1 aromatic heterocycles. The SMILES string of the molecule is COc1ccc(/C=C/CCCCOc2ccc(C#Cc3cccc(NS(=O)(=O)C(F)(F)F)c3)nc2CCC(=O)O)cc1. The van der Waals surface area contributed by atoms with Crippen molar-refractivity contribution in [2.75, 3.05) is 18.4 Å². The van der Waals surface area contributed by atoms with Gasteiger partial charge < -0.3 is 14.6 Å². The summed E-state index contributed by atoms with van der Waals surface area (Å²) in [6, 6.07) is 16.1. The minimum absolute atomic E-state index is 0.111. The lowest BCUT2D eigenvalue weighted by Crippen LogP contribution is -2.29. The molecule has 2 N–H and O–H groups in total. The van der Waals surface area contributed by atoms with Crippen molar-refractivity contribution in [3.05, 3.63) is 89.3 Å². The molecule has 3 rings (SSSR count). The maximum absolute atomic E-state index is 12.7. The summed E-state index contributed by atoms with van der Waals surface area (Å²) in [5.41, 5.74) is -3.74. The van der Waals surface area contributed by atoms with Gasteiger partial charge in [-0.2, -0.15) is 21.6 Å². The standard InChI is InChI=1S/C30H29F3N2O6S/c1-40-26-15-11-22(12-16-26)7-4-2-3-5-20-41-28-18-14-24(34-27(28)17-19-29(36)37)13-10-23-8-6-9-25(21-23)35-42(38,39)30(31,32)33/h4,6-9,11-12,14-16,18,21,35H,2-3,5,17,19-20H2,1H3,(H,36,37)/b7-4+. The number of allylic oxidation sites excluding steroid dienone is 1. The van der Waals surface area contributed by atoms with Gasteiger partial charge in [0.05, 0.1) is 31.5 Å². The molecule has 0 saturated heterocycles. The van der Waals surface area contributed by atoms with E-state index in [2.05, 4.69) is 22.9 Å². The average molecular weight is 603 g/mol. The van der Waals surface area contributed by atoms with E-state index < -0.39 is 21.5 Å². The first kappa shape index (κ1) is 32.0. The molecule has 0 aliphatic carbocycles. The van der Waals surface area contributed by atoms with Crippen molar-refractivity contribution in [2.24, 2.45) is 0 Å². The number of nitrogens with zero attached hydrogens (tertiary/aromatic N) is 1. The molecule has 3 aromatic rings. The van der Waals surface area contributed by atoms with Gasteiger partial charge in [-0.05, 0) is 73.2 Å². The Bertz CT molecular complexity index is 1560. The van der Waals surface area contributed by atoms with Crippen LogP contribution in [0.5, 0.6) is 11.5 Å². The van der Waals surface area contributed by atoms with Crippen LogP contribution in [-0.2, 0) is 21.2 Å². The number of carboxylic acids is 1. The third-order valence-electron chi connectivity index (χ3n) is 5.71. The molecule has 1 heterocycles. The summed E-state index contributed by atoms with van der Waals surface area (Å²) in [5, 5.41) is 9.12. The Kier molecular flexibility index (Phi) is 11.4. The van der Waals surface area contributed by atoms with Crippen molar-refractivity contribution in [3.8, 4) is 23.3 Å². The number of hydrogen-bond donors (Lipinski definition) is 2. The molecule has 0 aliphatic heterocycles. The number of aliphatic carboxylic acids is 1. The fraction of sp³-hybridized carbons (Fsp3) is 0.267. The van der Waals surface area contributed by atoms with E-state index in [4.69, 9.17) is 14.6 Å². The quantitative estimate of drug-likeness (QED) is 0.181. The Morgan fingerprint density at radius 1 is 1.07 bits per heavy atom. The first-order valence-corrected chi connectivity index (χ1v) is 14.3. The highest BCUT2D eigenvalue weighted by molar-refractivity contribution is 7.93. The van der Waals surface area contributed by atoms with Gasteiger partial charge in [-0.1, -0.05) is 36.3 Å². The van der Waals surface area contributed by atoms with E-state index in [-0.39, 0.29) is 29.8 Å². The second kappa shape index (κ2) is 14.9. The first-order chi connectivity index (χ1) is 20.0. The smallest absolute Gasteiger partial charge is 0.497 e. The number of aromatic nitrogens is 1. The van der Waals surface area contributed by atoms with Gasteiger partial charge in [0, 0.05) is 12.0 Å². The van der Waals surface area contributed by atoms with E-state index in [1.54, 1.807) is 19.2 Å². The first-order valence-electron chi connectivity index (χ1n) is 12.8. The Labute approximate surface area is 242 Å². The summed E-state index contributed by atoms with van der Waals surface area (Å²) in [7, 11) is -3.95. The van der Waals surface area contributed by atoms with Crippen LogP contribution >= 0.6 is 0 Å². The highest BCUT2D eigenvalue weighted by Gasteiger charge is 2.46. The molecule has 0 amide bonds. The van der Waals surface area contributed by atoms with Crippen molar-refractivity contribution >= 4 is 27.8 Å². The maximum atomic E-state index is 12.7. The molecular formula is C30H29F3N2O6S. The molecule has 0 radical (unpaired) electrons. The monoisotopic (exact) mass is 602 g/mol. The number of sulfonamides is 1. The third kappa shape index (κ3) is 10.2. The fourth-order valence-corrected chi connectivity index (χ4v) is 4.14. The van der Waals surface area contributed by atoms with Crippen molar-refractivity contribution < 1.29 is 41.0 Å². The lowest BCUT2D eigenvalue weighted by Gasteiger charge is -2.11. The van der Waals surface area contributed by atoms with E-state index in [1.807, 2.05) is 30.3 Å². The molecule has 0 atom stereocenters. The normalized spacial score (nSPS) is 11.5. The molecule has 0 spiro atoms. The van der Waals surface area contributed by atoms with Crippen LogP contribution in [0, 0.1) is 11.8 Å². The predicted octanol–water partition coefficient (Wildman–Crippen LogP) is 6.03. The molecule has 0 aliphatic rings. The Morgan fingerprint density at radius 2 is 1.83 bits per heavy atom. The number of nitrogens with one attached hydrogen (secondary N) is 1. The van der Waals surface area contributed by atoms with Crippen LogP contribution in [0.2, 0.25) is 0 Å². The van der Waals surface area contributed by atoms with Gasteiger partial charge in [0.25, 0.3) is 0 Å². The molecular weight excluding hydrogens is 573 g/mol. The minimum atomic E-state index is -5.57. The second-order valence-corrected chi connectivity index (χ2v) is 10.6. The number of pyridine rings is 1. The van der Waals surface area contributed by atoms with Crippen LogP contribution in [0.1, 0.15) is 48.2 Å². The largest absolute Gasteiger partial charge is 0.516 e. The Morgan fingerprint density at radius 3 is 2.52 bits per heavy atom. The van der Waals surface area contributed by atoms with Gasteiger partial charge in [0.15, 0.2) is 0 Å². The molecule has 12 heteroatoms. The molecule has 2 aromatic carbocycles. The minimum Gasteiger partial charge on any atom is -0.497 e. The van der Waals surface area contributed by atoms with E-state index >= 15 is 0 Å². The van der Waals surface area contributed by atoms with Gasteiger partial charge >= 0.3 is 21.5 Å².